The SMILES string of the molecule is CCN=C(NC1CCC1)N(C)Cc1ccc(Cl)s1.I. The fourth-order valence-electron chi connectivity index (χ4n) is 1.91. The van der Waals surface area contributed by atoms with Gasteiger partial charge in [0.05, 0.1) is 10.9 Å². The molecule has 1 aromatic heterocycles. The van der Waals surface area contributed by atoms with Gasteiger partial charge in [-0.25, -0.2) is 0 Å². The summed E-state index contributed by atoms with van der Waals surface area (Å²) in [5.41, 5.74) is 0. The number of thiophene rings is 1. The molecule has 0 aliphatic heterocycles. The zero-order valence-electron chi connectivity index (χ0n) is 11.4. The summed E-state index contributed by atoms with van der Waals surface area (Å²) in [6, 6.07) is 4.65. The second-order valence-electron chi connectivity index (χ2n) is 4.63. The molecular weight excluding hydrogens is 393 g/mol. The molecule has 0 atom stereocenters. The van der Waals surface area contributed by atoms with Gasteiger partial charge in [-0.1, -0.05) is 11.6 Å². The third-order valence-corrected chi connectivity index (χ3v) is 4.35. The number of hydrogen-bond acceptors (Lipinski definition) is 2. The van der Waals surface area contributed by atoms with Crippen molar-refractivity contribution in [2.24, 2.45) is 4.99 Å². The number of aliphatic imine (C=N–C) groups is 1. The molecule has 6 heteroatoms. The predicted octanol–water partition coefficient (Wildman–Crippen LogP) is 3.97. The molecule has 0 radical (unpaired) electrons. The van der Waals surface area contributed by atoms with E-state index in [1.54, 1.807) is 11.3 Å². The van der Waals surface area contributed by atoms with Crippen LogP contribution in [0.2, 0.25) is 4.34 Å². The highest BCUT2D eigenvalue weighted by Crippen LogP contribution is 2.23. The summed E-state index contributed by atoms with van der Waals surface area (Å²) < 4.78 is 0.847. The maximum absolute atomic E-state index is 5.95. The largest absolute Gasteiger partial charge is 0.354 e. The van der Waals surface area contributed by atoms with Crippen molar-refractivity contribution in [3.63, 3.8) is 0 Å². The fraction of sp³-hybridized carbons (Fsp3) is 0.615. The monoisotopic (exact) mass is 413 g/mol. The van der Waals surface area contributed by atoms with Gasteiger partial charge in [0, 0.05) is 24.5 Å². The minimum Gasteiger partial charge on any atom is -0.354 e. The quantitative estimate of drug-likeness (QED) is 0.459. The molecular formula is C13H21ClIN3S. The highest BCUT2D eigenvalue weighted by molar-refractivity contribution is 14.0. The average Bonchev–Trinajstić information content (AvgIpc) is 2.67. The van der Waals surface area contributed by atoms with Crippen LogP contribution in [0.3, 0.4) is 0 Å². The third-order valence-electron chi connectivity index (χ3n) is 3.13. The van der Waals surface area contributed by atoms with Crippen molar-refractivity contribution in [3.8, 4) is 0 Å². The Balaban J connectivity index is 0.00000180. The average molecular weight is 414 g/mol. The lowest BCUT2D eigenvalue weighted by atomic mass is 9.93. The van der Waals surface area contributed by atoms with Gasteiger partial charge >= 0.3 is 0 Å². The maximum Gasteiger partial charge on any atom is 0.194 e. The molecule has 0 aromatic carbocycles. The van der Waals surface area contributed by atoms with E-state index >= 15 is 0 Å². The number of rotatable bonds is 4. The molecule has 19 heavy (non-hydrogen) atoms. The van der Waals surface area contributed by atoms with Gasteiger partial charge in [0.25, 0.3) is 0 Å². The minimum absolute atomic E-state index is 0. The van der Waals surface area contributed by atoms with E-state index in [1.807, 2.05) is 6.07 Å². The minimum atomic E-state index is 0. The standard InChI is InChI=1S/C13H20ClN3S.HI/c1-3-15-13(16-10-5-4-6-10)17(2)9-11-7-8-12(14)18-11;/h7-8,10H,3-6,9H2,1-2H3,(H,15,16);1H. The van der Waals surface area contributed by atoms with Gasteiger partial charge in [0.1, 0.15) is 0 Å². The lowest BCUT2D eigenvalue weighted by Gasteiger charge is -2.31. The second kappa shape index (κ2) is 8.32. The molecule has 108 valence electrons. The van der Waals surface area contributed by atoms with Crippen LogP contribution in [0.25, 0.3) is 0 Å². The summed E-state index contributed by atoms with van der Waals surface area (Å²) in [6.45, 7) is 3.73. The summed E-state index contributed by atoms with van der Waals surface area (Å²) in [7, 11) is 2.08. The summed E-state index contributed by atoms with van der Waals surface area (Å²) in [5, 5.41) is 3.53. The molecule has 3 nitrogen and oxygen atoms in total. The van der Waals surface area contributed by atoms with Gasteiger partial charge in [-0.2, -0.15) is 0 Å². The number of guanidine groups is 1. The number of nitrogens with one attached hydrogen (secondary N) is 1. The van der Waals surface area contributed by atoms with E-state index in [4.69, 9.17) is 11.6 Å². The van der Waals surface area contributed by atoms with Crippen LogP contribution in [0.4, 0.5) is 0 Å². The van der Waals surface area contributed by atoms with Crippen molar-refractivity contribution in [3.05, 3.63) is 21.3 Å². The van der Waals surface area contributed by atoms with E-state index in [0.717, 1.165) is 23.4 Å². The molecule has 1 heterocycles. The summed E-state index contributed by atoms with van der Waals surface area (Å²) in [6.07, 6.45) is 3.87. The first kappa shape index (κ1) is 17.0. The molecule has 0 unspecified atom stereocenters. The lowest BCUT2D eigenvalue weighted by molar-refractivity contribution is 0.360. The molecule has 0 spiro atoms. The van der Waals surface area contributed by atoms with Crippen LogP contribution in [-0.4, -0.2) is 30.5 Å². The van der Waals surface area contributed by atoms with Crippen LogP contribution in [0, 0.1) is 0 Å². The van der Waals surface area contributed by atoms with E-state index in [2.05, 4.69) is 35.2 Å². The van der Waals surface area contributed by atoms with Crippen LogP contribution < -0.4 is 5.32 Å². The van der Waals surface area contributed by atoms with E-state index in [0.29, 0.717) is 6.04 Å². The Morgan fingerprint density at radius 2 is 2.26 bits per heavy atom. The number of hydrogen-bond donors (Lipinski definition) is 1. The van der Waals surface area contributed by atoms with Crippen molar-refractivity contribution in [1.29, 1.82) is 0 Å². The Kier molecular flexibility index (Phi) is 7.46. The normalized spacial score (nSPS) is 15.6. The molecule has 1 aromatic rings. The molecule has 1 saturated carbocycles. The summed E-state index contributed by atoms with van der Waals surface area (Å²) in [4.78, 5) is 7.99. The molecule has 1 N–H and O–H groups in total. The molecule has 1 aliphatic carbocycles. The smallest absolute Gasteiger partial charge is 0.194 e. The Morgan fingerprint density at radius 1 is 1.53 bits per heavy atom. The van der Waals surface area contributed by atoms with Gasteiger partial charge in [-0.05, 0) is 38.3 Å². The first-order valence-electron chi connectivity index (χ1n) is 6.45. The van der Waals surface area contributed by atoms with Crippen molar-refractivity contribution < 1.29 is 0 Å². The first-order valence-corrected chi connectivity index (χ1v) is 7.65. The fourth-order valence-corrected chi connectivity index (χ4v) is 3.05. The van der Waals surface area contributed by atoms with Crippen LogP contribution >= 0.6 is 46.9 Å². The maximum atomic E-state index is 5.95. The first-order chi connectivity index (χ1) is 8.69. The van der Waals surface area contributed by atoms with Crippen LogP contribution in [0.15, 0.2) is 17.1 Å². The van der Waals surface area contributed by atoms with Gasteiger partial charge in [-0.3, -0.25) is 4.99 Å². The van der Waals surface area contributed by atoms with E-state index < -0.39 is 0 Å². The lowest BCUT2D eigenvalue weighted by Crippen LogP contribution is -2.46. The third kappa shape index (κ3) is 5.11. The van der Waals surface area contributed by atoms with Crippen molar-refractivity contribution in [1.82, 2.24) is 10.2 Å². The topological polar surface area (TPSA) is 27.6 Å². The summed E-state index contributed by atoms with van der Waals surface area (Å²) in [5.74, 6) is 1.01. The Morgan fingerprint density at radius 3 is 2.74 bits per heavy atom. The Labute approximate surface area is 141 Å². The Hall–Kier alpha value is -0.0100. The van der Waals surface area contributed by atoms with Crippen LogP contribution in [0.1, 0.15) is 31.1 Å². The summed E-state index contributed by atoms with van der Waals surface area (Å²) >= 11 is 7.59. The van der Waals surface area contributed by atoms with Crippen molar-refractivity contribution in [2.45, 2.75) is 38.8 Å². The van der Waals surface area contributed by atoms with E-state index in [1.165, 1.54) is 24.1 Å². The van der Waals surface area contributed by atoms with Crippen molar-refractivity contribution >= 4 is 52.9 Å². The highest BCUT2D eigenvalue weighted by Gasteiger charge is 2.20. The Bertz CT molecular complexity index is 418. The van der Waals surface area contributed by atoms with Crippen LogP contribution in [0.5, 0.6) is 0 Å². The second-order valence-corrected chi connectivity index (χ2v) is 6.43. The predicted molar refractivity (Wildman–Crippen MR) is 95.0 cm³/mol. The van der Waals surface area contributed by atoms with Gasteiger partial charge < -0.3 is 10.2 Å². The molecule has 0 bridgehead atoms. The number of halogens is 2. The van der Waals surface area contributed by atoms with Gasteiger partial charge in [0.15, 0.2) is 5.96 Å². The van der Waals surface area contributed by atoms with Crippen molar-refractivity contribution in [2.75, 3.05) is 13.6 Å². The molecule has 0 amide bonds. The highest BCUT2D eigenvalue weighted by atomic mass is 127. The van der Waals surface area contributed by atoms with Gasteiger partial charge in [0.2, 0.25) is 0 Å². The zero-order chi connectivity index (χ0) is 13.0. The molecule has 1 fully saturated rings. The number of nitrogens with zero attached hydrogens (tertiary/aromatic N) is 2. The molecule has 1 aliphatic rings. The van der Waals surface area contributed by atoms with Gasteiger partial charge in [-0.15, -0.1) is 35.3 Å². The molecule has 0 saturated heterocycles. The van der Waals surface area contributed by atoms with E-state index in [9.17, 15) is 0 Å². The van der Waals surface area contributed by atoms with E-state index in [-0.39, 0.29) is 24.0 Å². The zero-order valence-corrected chi connectivity index (χ0v) is 15.3. The van der Waals surface area contributed by atoms with Crippen LogP contribution in [-0.2, 0) is 6.54 Å². The molecule has 2 rings (SSSR count).